The number of benzene rings is 2. The first kappa shape index (κ1) is 23.7. The summed E-state index contributed by atoms with van der Waals surface area (Å²) in [5.74, 6) is -0.188. The van der Waals surface area contributed by atoms with Gasteiger partial charge in [-0.3, -0.25) is 4.79 Å². The number of nitrogens with zero attached hydrogens (tertiary/aromatic N) is 3. The number of hydrogen-bond acceptors (Lipinski definition) is 4. The Kier molecular flexibility index (Phi) is 8.11. The molecule has 1 saturated heterocycles. The molecule has 0 N–H and O–H groups in total. The first-order chi connectivity index (χ1) is 14.8. The Morgan fingerprint density at radius 1 is 1.00 bits per heavy atom. The fourth-order valence-electron chi connectivity index (χ4n) is 3.61. The van der Waals surface area contributed by atoms with Crippen LogP contribution in [0.2, 0.25) is 5.02 Å². The first-order valence-electron chi connectivity index (χ1n) is 10.6. The van der Waals surface area contributed by atoms with E-state index in [1.165, 1.54) is 10.4 Å². The third-order valence-electron chi connectivity index (χ3n) is 5.42. The molecule has 1 aliphatic rings. The highest BCUT2D eigenvalue weighted by Crippen LogP contribution is 2.22. The van der Waals surface area contributed by atoms with Crippen LogP contribution in [0, 0.1) is 0 Å². The molecule has 31 heavy (non-hydrogen) atoms. The van der Waals surface area contributed by atoms with Crippen molar-refractivity contribution in [1.82, 2.24) is 14.1 Å². The zero-order valence-corrected chi connectivity index (χ0v) is 19.7. The largest absolute Gasteiger partial charge is 0.333 e. The number of rotatable bonds is 8. The zero-order valence-electron chi connectivity index (χ0n) is 18.1. The van der Waals surface area contributed by atoms with E-state index in [1.54, 1.807) is 35.2 Å². The van der Waals surface area contributed by atoms with Crippen molar-refractivity contribution >= 4 is 27.5 Å². The molecule has 2 aromatic rings. The molecule has 0 unspecified atom stereocenters. The number of halogens is 1. The lowest BCUT2D eigenvalue weighted by atomic mass is 10.1. The van der Waals surface area contributed by atoms with E-state index in [4.69, 9.17) is 11.6 Å². The molecule has 0 atom stereocenters. The van der Waals surface area contributed by atoms with Crippen LogP contribution in [0.5, 0.6) is 0 Å². The summed E-state index contributed by atoms with van der Waals surface area (Å²) in [5.41, 5.74) is 1.35. The van der Waals surface area contributed by atoms with Crippen LogP contribution in [-0.4, -0.2) is 68.7 Å². The predicted octanol–water partition coefficient (Wildman–Crippen LogP) is 3.72. The minimum absolute atomic E-state index is 0.180. The van der Waals surface area contributed by atoms with Crippen LogP contribution in [0.25, 0.3) is 0 Å². The molecule has 0 radical (unpaired) electrons. The van der Waals surface area contributed by atoms with Crippen LogP contribution in [0.1, 0.15) is 35.2 Å². The van der Waals surface area contributed by atoms with E-state index in [0.717, 1.165) is 24.8 Å². The van der Waals surface area contributed by atoms with Crippen LogP contribution < -0.4 is 0 Å². The average molecular weight is 464 g/mol. The standard InChI is InChI=1S/C23H30ClN3O3S/c1-25(2)15-16-26(18-19-9-11-21(24)12-10-19)23(28)20-7-6-8-22(17-20)31(29,30)27-13-4-3-5-14-27/h6-12,17H,3-5,13-16,18H2,1-2H3. The van der Waals surface area contributed by atoms with E-state index in [-0.39, 0.29) is 10.8 Å². The Hall–Kier alpha value is -1.93. The molecule has 1 aliphatic heterocycles. The molecule has 1 amide bonds. The van der Waals surface area contributed by atoms with Crippen molar-refractivity contribution in [1.29, 1.82) is 0 Å². The van der Waals surface area contributed by atoms with Gasteiger partial charge in [-0.05, 0) is 62.8 Å². The molecule has 0 saturated carbocycles. The van der Waals surface area contributed by atoms with Gasteiger partial charge in [-0.25, -0.2) is 8.42 Å². The van der Waals surface area contributed by atoms with Gasteiger partial charge in [0.05, 0.1) is 4.90 Å². The molecular weight excluding hydrogens is 434 g/mol. The van der Waals surface area contributed by atoms with Gasteiger partial charge >= 0.3 is 0 Å². The van der Waals surface area contributed by atoms with Crippen LogP contribution in [-0.2, 0) is 16.6 Å². The van der Waals surface area contributed by atoms with Gasteiger partial charge in [0.2, 0.25) is 10.0 Å². The topological polar surface area (TPSA) is 60.9 Å². The number of carbonyl (C=O) groups excluding carboxylic acids is 1. The lowest BCUT2D eigenvalue weighted by Crippen LogP contribution is -2.37. The normalized spacial score (nSPS) is 15.2. The highest BCUT2D eigenvalue weighted by atomic mass is 35.5. The molecule has 1 fully saturated rings. The minimum atomic E-state index is -3.59. The first-order valence-corrected chi connectivity index (χ1v) is 12.4. The maximum Gasteiger partial charge on any atom is 0.254 e. The SMILES string of the molecule is CN(C)CCN(Cc1ccc(Cl)cc1)C(=O)c1cccc(S(=O)(=O)N2CCCCC2)c1. The molecule has 0 aliphatic carbocycles. The second-order valence-corrected chi connectivity index (χ2v) is 10.5. The van der Waals surface area contributed by atoms with Crippen molar-refractivity contribution in [3.63, 3.8) is 0 Å². The van der Waals surface area contributed by atoms with E-state index in [0.29, 0.717) is 43.3 Å². The molecule has 0 bridgehead atoms. The summed E-state index contributed by atoms with van der Waals surface area (Å²) in [6.45, 7) is 2.72. The second-order valence-electron chi connectivity index (χ2n) is 8.15. The molecule has 2 aromatic carbocycles. The van der Waals surface area contributed by atoms with E-state index in [9.17, 15) is 13.2 Å². The minimum Gasteiger partial charge on any atom is -0.333 e. The zero-order chi connectivity index (χ0) is 22.4. The molecule has 6 nitrogen and oxygen atoms in total. The van der Waals surface area contributed by atoms with Crippen molar-refractivity contribution in [2.24, 2.45) is 0 Å². The fraction of sp³-hybridized carbons (Fsp3) is 0.435. The number of sulfonamides is 1. The summed E-state index contributed by atoms with van der Waals surface area (Å²) in [6, 6.07) is 13.8. The maximum absolute atomic E-state index is 13.4. The number of piperidine rings is 1. The Labute approximate surface area is 190 Å². The van der Waals surface area contributed by atoms with Gasteiger partial charge in [0.15, 0.2) is 0 Å². The fourth-order valence-corrected chi connectivity index (χ4v) is 5.30. The molecular formula is C23H30ClN3O3S. The van der Waals surface area contributed by atoms with Gasteiger partial charge in [0, 0.05) is 43.3 Å². The maximum atomic E-state index is 13.4. The van der Waals surface area contributed by atoms with Crippen LogP contribution >= 0.6 is 11.6 Å². The molecule has 3 rings (SSSR count). The smallest absolute Gasteiger partial charge is 0.254 e. The summed E-state index contributed by atoms with van der Waals surface area (Å²) in [5, 5.41) is 0.644. The third kappa shape index (κ3) is 6.29. The summed E-state index contributed by atoms with van der Waals surface area (Å²) in [6.07, 6.45) is 2.80. The number of amides is 1. The quantitative estimate of drug-likeness (QED) is 0.598. The van der Waals surface area contributed by atoms with E-state index < -0.39 is 10.0 Å². The van der Waals surface area contributed by atoms with Crippen molar-refractivity contribution in [3.8, 4) is 0 Å². The Bertz CT molecular complexity index is 987. The monoisotopic (exact) mass is 463 g/mol. The highest BCUT2D eigenvalue weighted by Gasteiger charge is 2.27. The van der Waals surface area contributed by atoms with E-state index in [2.05, 4.69) is 0 Å². The number of carbonyl (C=O) groups is 1. The highest BCUT2D eigenvalue weighted by molar-refractivity contribution is 7.89. The summed E-state index contributed by atoms with van der Waals surface area (Å²) >= 11 is 5.99. The van der Waals surface area contributed by atoms with Gasteiger partial charge in [0.1, 0.15) is 0 Å². The van der Waals surface area contributed by atoms with Crippen LogP contribution in [0.15, 0.2) is 53.4 Å². The Morgan fingerprint density at radius 3 is 2.32 bits per heavy atom. The van der Waals surface area contributed by atoms with Crippen LogP contribution in [0.3, 0.4) is 0 Å². The molecule has 0 spiro atoms. The number of hydrogen-bond donors (Lipinski definition) is 0. The van der Waals surface area contributed by atoms with Crippen molar-refractivity contribution in [2.45, 2.75) is 30.7 Å². The van der Waals surface area contributed by atoms with E-state index >= 15 is 0 Å². The van der Waals surface area contributed by atoms with E-state index in [1.807, 2.05) is 31.1 Å². The lowest BCUT2D eigenvalue weighted by molar-refractivity contribution is 0.0731. The van der Waals surface area contributed by atoms with Gasteiger partial charge in [0.25, 0.3) is 5.91 Å². The summed E-state index contributed by atoms with van der Waals surface area (Å²) in [4.78, 5) is 17.3. The van der Waals surface area contributed by atoms with Crippen LogP contribution in [0.4, 0.5) is 0 Å². The molecule has 1 heterocycles. The predicted molar refractivity (Wildman–Crippen MR) is 124 cm³/mol. The van der Waals surface area contributed by atoms with Crippen molar-refractivity contribution in [2.75, 3.05) is 40.3 Å². The molecule has 168 valence electrons. The Balaban J connectivity index is 1.84. The molecule has 8 heteroatoms. The third-order valence-corrected chi connectivity index (χ3v) is 7.57. The van der Waals surface area contributed by atoms with Gasteiger partial charge < -0.3 is 9.80 Å². The van der Waals surface area contributed by atoms with Gasteiger partial charge in [-0.15, -0.1) is 0 Å². The lowest BCUT2D eigenvalue weighted by Gasteiger charge is -2.27. The van der Waals surface area contributed by atoms with Crippen molar-refractivity contribution < 1.29 is 13.2 Å². The van der Waals surface area contributed by atoms with Gasteiger partial charge in [-0.1, -0.05) is 36.2 Å². The summed E-state index contributed by atoms with van der Waals surface area (Å²) < 4.78 is 27.6. The molecule has 0 aromatic heterocycles. The number of likely N-dealkylation sites (N-methyl/N-ethyl adjacent to an activating group) is 1. The van der Waals surface area contributed by atoms with Gasteiger partial charge in [-0.2, -0.15) is 4.31 Å². The summed E-state index contributed by atoms with van der Waals surface area (Å²) in [7, 11) is 0.317. The Morgan fingerprint density at radius 2 is 1.68 bits per heavy atom. The van der Waals surface area contributed by atoms with Crippen molar-refractivity contribution in [3.05, 3.63) is 64.7 Å². The average Bonchev–Trinajstić information content (AvgIpc) is 2.78. The second kappa shape index (κ2) is 10.6.